The van der Waals surface area contributed by atoms with Crippen LogP contribution < -0.4 is 5.73 Å². The predicted octanol–water partition coefficient (Wildman–Crippen LogP) is 2.03. The van der Waals surface area contributed by atoms with E-state index >= 15 is 0 Å². The van der Waals surface area contributed by atoms with Gasteiger partial charge in [0.05, 0.1) is 10.7 Å². The largest absolute Gasteiger partial charge is 0.398 e. The number of nitrogens with zero attached hydrogens (tertiary/aromatic N) is 3. The lowest BCUT2D eigenvalue weighted by atomic mass is 10.2. The Hall–Kier alpha value is -1.55. The number of benzene rings is 1. The second kappa shape index (κ2) is 3.55. The minimum absolute atomic E-state index is 0.541. The number of hydrogen-bond acceptors (Lipinski definition) is 3. The maximum Gasteiger partial charge on any atom is 0.181 e. The molecule has 4 nitrogen and oxygen atoms in total. The summed E-state index contributed by atoms with van der Waals surface area (Å²) in [6.07, 6.45) is 0. The van der Waals surface area contributed by atoms with Crippen molar-refractivity contribution in [2.75, 3.05) is 5.73 Å². The van der Waals surface area contributed by atoms with Crippen LogP contribution in [-0.2, 0) is 7.05 Å². The van der Waals surface area contributed by atoms with Crippen LogP contribution in [0.25, 0.3) is 11.4 Å². The Labute approximate surface area is 92.7 Å². The van der Waals surface area contributed by atoms with E-state index < -0.39 is 0 Å². The van der Waals surface area contributed by atoms with E-state index in [9.17, 15) is 0 Å². The van der Waals surface area contributed by atoms with Crippen molar-refractivity contribution in [2.45, 2.75) is 6.92 Å². The van der Waals surface area contributed by atoms with Gasteiger partial charge in [-0.3, -0.25) is 4.68 Å². The quantitative estimate of drug-likeness (QED) is 0.752. The Morgan fingerprint density at radius 1 is 1.40 bits per heavy atom. The molecule has 0 spiro atoms. The van der Waals surface area contributed by atoms with Crippen LogP contribution in [0.15, 0.2) is 18.2 Å². The van der Waals surface area contributed by atoms with E-state index in [0.717, 1.165) is 11.4 Å². The Kier molecular flexibility index (Phi) is 2.36. The average Bonchev–Trinajstić information content (AvgIpc) is 2.52. The summed E-state index contributed by atoms with van der Waals surface area (Å²) in [5.41, 5.74) is 7.13. The Balaban J connectivity index is 2.49. The highest BCUT2D eigenvalue weighted by Gasteiger charge is 2.07. The van der Waals surface area contributed by atoms with E-state index in [1.807, 2.05) is 20.0 Å². The lowest BCUT2D eigenvalue weighted by Gasteiger charge is -1.99. The first-order valence-corrected chi connectivity index (χ1v) is 4.89. The highest BCUT2D eigenvalue weighted by molar-refractivity contribution is 6.33. The Morgan fingerprint density at radius 3 is 2.67 bits per heavy atom. The monoisotopic (exact) mass is 222 g/mol. The molecule has 2 rings (SSSR count). The van der Waals surface area contributed by atoms with Gasteiger partial charge in [0.1, 0.15) is 5.82 Å². The lowest BCUT2D eigenvalue weighted by Crippen LogP contribution is -1.92. The van der Waals surface area contributed by atoms with Gasteiger partial charge in [-0.25, -0.2) is 4.98 Å². The van der Waals surface area contributed by atoms with Gasteiger partial charge in [0, 0.05) is 12.6 Å². The molecule has 0 radical (unpaired) electrons. The van der Waals surface area contributed by atoms with Crippen LogP contribution in [0.2, 0.25) is 5.02 Å². The number of hydrogen-bond donors (Lipinski definition) is 1. The summed E-state index contributed by atoms with van der Waals surface area (Å²) in [6, 6.07) is 5.38. The third-order valence-electron chi connectivity index (χ3n) is 2.23. The van der Waals surface area contributed by atoms with Crippen molar-refractivity contribution in [2.24, 2.45) is 7.05 Å². The average molecular weight is 223 g/mol. The summed E-state index contributed by atoms with van der Waals surface area (Å²) in [4.78, 5) is 4.30. The van der Waals surface area contributed by atoms with Gasteiger partial charge in [0.25, 0.3) is 0 Å². The molecule has 0 atom stereocenters. The van der Waals surface area contributed by atoms with Gasteiger partial charge in [-0.1, -0.05) is 11.6 Å². The molecule has 0 amide bonds. The van der Waals surface area contributed by atoms with Crippen LogP contribution in [0.3, 0.4) is 0 Å². The molecule has 0 aliphatic heterocycles. The number of nitrogen functional groups attached to an aromatic ring is 1. The summed E-state index contributed by atoms with van der Waals surface area (Å²) in [5, 5.41) is 4.81. The minimum atomic E-state index is 0.541. The number of anilines is 1. The molecule has 78 valence electrons. The molecule has 0 saturated carbocycles. The molecule has 2 N–H and O–H groups in total. The van der Waals surface area contributed by atoms with Gasteiger partial charge < -0.3 is 5.73 Å². The zero-order chi connectivity index (χ0) is 11.0. The van der Waals surface area contributed by atoms with Crippen LogP contribution in [-0.4, -0.2) is 14.8 Å². The topological polar surface area (TPSA) is 56.7 Å². The third kappa shape index (κ3) is 1.80. The normalized spacial score (nSPS) is 10.6. The molecule has 2 aromatic rings. The van der Waals surface area contributed by atoms with E-state index in [0.29, 0.717) is 16.5 Å². The highest BCUT2D eigenvalue weighted by atomic mass is 35.5. The fourth-order valence-electron chi connectivity index (χ4n) is 1.27. The highest BCUT2D eigenvalue weighted by Crippen LogP contribution is 2.24. The molecule has 5 heteroatoms. The smallest absolute Gasteiger partial charge is 0.181 e. The number of halogens is 1. The molecule has 0 aliphatic rings. The zero-order valence-electron chi connectivity index (χ0n) is 8.53. The first-order chi connectivity index (χ1) is 7.08. The molecule has 0 fully saturated rings. The molecule has 15 heavy (non-hydrogen) atoms. The van der Waals surface area contributed by atoms with Gasteiger partial charge in [0.15, 0.2) is 5.82 Å². The Morgan fingerprint density at radius 2 is 2.13 bits per heavy atom. The third-order valence-corrected chi connectivity index (χ3v) is 2.58. The standard InChI is InChI=1S/C10H11ClN4/c1-6-13-10(14-15(6)2)7-3-4-8(11)9(12)5-7/h3-5H,12H2,1-2H3. The van der Waals surface area contributed by atoms with Crippen LogP contribution in [0.1, 0.15) is 5.82 Å². The summed E-state index contributed by atoms with van der Waals surface area (Å²) >= 11 is 5.83. The number of nitrogens with two attached hydrogens (primary N) is 1. The maximum atomic E-state index is 5.83. The minimum Gasteiger partial charge on any atom is -0.398 e. The van der Waals surface area contributed by atoms with Crippen LogP contribution >= 0.6 is 11.6 Å². The zero-order valence-corrected chi connectivity index (χ0v) is 9.28. The summed E-state index contributed by atoms with van der Waals surface area (Å²) in [7, 11) is 1.85. The van der Waals surface area contributed by atoms with Crippen molar-refractivity contribution in [3.8, 4) is 11.4 Å². The molecular formula is C10H11ClN4. The van der Waals surface area contributed by atoms with Crippen molar-refractivity contribution in [3.63, 3.8) is 0 Å². The molecule has 1 aromatic heterocycles. The molecule has 1 aromatic carbocycles. The summed E-state index contributed by atoms with van der Waals surface area (Å²) < 4.78 is 1.72. The van der Waals surface area contributed by atoms with E-state index in [-0.39, 0.29) is 0 Å². The first kappa shape index (κ1) is 9.98. The molecule has 0 saturated heterocycles. The number of aryl methyl sites for hydroxylation is 2. The first-order valence-electron chi connectivity index (χ1n) is 4.51. The fraction of sp³-hybridized carbons (Fsp3) is 0.200. The van der Waals surface area contributed by atoms with Crippen molar-refractivity contribution in [3.05, 3.63) is 29.0 Å². The molecule has 0 bridgehead atoms. The van der Waals surface area contributed by atoms with Crippen molar-refractivity contribution in [1.29, 1.82) is 0 Å². The maximum absolute atomic E-state index is 5.83. The number of aromatic nitrogens is 3. The SMILES string of the molecule is Cc1nc(-c2ccc(Cl)c(N)c2)nn1C. The molecule has 0 unspecified atom stereocenters. The van der Waals surface area contributed by atoms with E-state index in [1.165, 1.54) is 0 Å². The number of rotatable bonds is 1. The van der Waals surface area contributed by atoms with E-state index in [1.54, 1.807) is 16.8 Å². The molecule has 1 heterocycles. The van der Waals surface area contributed by atoms with Gasteiger partial charge in [-0.2, -0.15) is 5.10 Å². The van der Waals surface area contributed by atoms with Gasteiger partial charge in [-0.05, 0) is 25.1 Å². The van der Waals surface area contributed by atoms with Crippen LogP contribution in [0, 0.1) is 6.92 Å². The molecule has 0 aliphatic carbocycles. The van der Waals surface area contributed by atoms with Gasteiger partial charge in [0.2, 0.25) is 0 Å². The predicted molar refractivity (Wildman–Crippen MR) is 60.6 cm³/mol. The van der Waals surface area contributed by atoms with E-state index in [2.05, 4.69) is 10.1 Å². The molecular weight excluding hydrogens is 212 g/mol. The van der Waals surface area contributed by atoms with E-state index in [4.69, 9.17) is 17.3 Å². The second-order valence-electron chi connectivity index (χ2n) is 3.34. The summed E-state index contributed by atoms with van der Waals surface area (Å²) in [5.74, 6) is 1.52. The van der Waals surface area contributed by atoms with Gasteiger partial charge in [-0.15, -0.1) is 0 Å². The second-order valence-corrected chi connectivity index (χ2v) is 3.75. The lowest BCUT2D eigenvalue weighted by molar-refractivity contribution is 0.736. The fourth-order valence-corrected chi connectivity index (χ4v) is 1.39. The van der Waals surface area contributed by atoms with Crippen LogP contribution in [0.5, 0.6) is 0 Å². The van der Waals surface area contributed by atoms with Gasteiger partial charge >= 0.3 is 0 Å². The Bertz CT molecular complexity index is 485. The van der Waals surface area contributed by atoms with Crippen molar-refractivity contribution in [1.82, 2.24) is 14.8 Å². The van der Waals surface area contributed by atoms with Crippen LogP contribution in [0.4, 0.5) is 5.69 Å². The van der Waals surface area contributed by atoms with Crippen molar-refractivity contribution < 1.29 is 0 Å². The van der Waals surface area contributed by atoms with Crippen molar-refractivity contribution >= 4 is 17.3 Å². The summed E-state index contributed by atoms with van der Waals surface area (Å²) in [6.45, 7) is 1.90.